The molecule has 4 rings (SSSR count). The summed E-state index contributed by atoms with van der Waals surface area (Å²) in [6.45, 7) is 4.77. The molecule has 1 unspecified atom stereocenters. The van der Waals surface area contributed by atoms with Crippen molar-refractivity contribution in [3.63, 3.8) is 0 Å². The van der Waals surface area contributed by atoms with Crippen LogP contribution in [0.4, 0.5) is 10.3 Å². The van der Waals surface area contributed by atoms with E-state index >= 15 is 0 Å². The van der Waals surface area contributed by atoms with Crippen LogP contribution in [0.1, 0.15) is 25.5 Å². The molecule has 8 heteroatoms. The molecule has 3 aromatic rings. The van der Waals surface area contributed by atoms with E-state index in [1.807, 2.05) is 18.7 Å². The fourth-order valence-corrected chi connectivity index (χ4v) is 3.62. The molecule has 1 fully saturated rings. The molecule has 7 nitrogen and oxygen atoms in total. The highest BCUT2D eigenvalue weighted by Gasteiger charge is 2.36. The van der Waals surface area contributed by atoms with Gasteiger partial charge in [-0.25, -0.2) is 19.3 Å². The Morgan fingerprint density at radius 3 is 2.72 bits per heavy atom. The van der Waals surface area contributed by atoms with Crippen LogP contribution in [0.15, 0.2) is 53.7 Å². The van der Waals surface area contributed by atoms with Crippen molar-refractivity contribution in [1.29, 1.82) is 0 Å². The monoisotopic (exact) mass is 395 g/mol. The van der Waals surface area contributed by atoms with Crippen LogP contribution < -0.4 is 10.5 Å². The van der Waals surface area contributed by atoms with Crippen LogP contribution in [0.3, 0.4) is 0 Å². The second-order valence-corrected chi connectivity index (χ2v) is 7.70. The third-order valence-corrected chi connectivity index (χ3v) is 4.91. The first-order valence-corrected chi connectivity index (χ1v) is 9.36. The molecular formula is C21H22FN5O2. The van der Waals surface area contributed by atoms with Crippen LogP contribution in [0.5, 0.6) is 0 Å². The fourth-order valence-electron chi connectivity index (χ4n) is 3.62. The number of benzene rings is 1. The summed E-state index contributed by atoms with van der Waals surface area (Å²) < 4.78 is 22.1. The van der Waals surface area contributed by atoms with Gasteiger partial charge in [-0.2, -0.15) is 0 Å². The lowest BCUT2D eigenvalue weighted by Crippen LogP contribution is -2.51. The van der Waals surface area contributed by atoms with Crippen LogP contribution in [0.25, 0.3) is 11.4 Å². The van der Waals surface area contributed by atoms with Gasteiger partial charge >= 0.3 is 0 Å². The summed E-state index contributed by atoms with van der Waals surface area (Å²) in [4.78, 5) is 27.4. The first kappa shape index (κ1) is 19.2. The number of halogens is 1. The normalized spacial score (nSPS) is 18.6. The number of rotatable bonds is 3. The van der Waals surface area contributed by atoms with E-state index in [-0.39, 0.29) is 11.4 Å². The molecule has 0 bridgehead atoms. The number of hydrogen-bond acceptors (Lipinski definition) is 6. The quantitative estimate of drug-likeness (QED) is 0.679. The fraction of sp³-hybridized carbons (Fsp3) is 0.333. The molecule has 0 aliphatic carbocycles. The van der Waals surface area contributed by atoms with Gasteiger partial charge < -0.3 is 9.64 Å². The molecule has 1 atom stereocenters. The number of aromatic nitrogens is 4. The van der Waals surface area contributed by atoms with E-state index < -0.39 is 11.7 Å². The van der Waals surface area contributed by atoms with E-state index in [4.69, 9.17) is 9.72 Å². The Bertz CT molecular complexity index is 1080. The second kappa shape index (κ2) is 7.36. The molecule has 1 aromatic carbocycles. The molecule has 29 heavy (non-hydrogen) atoms. The van der Waals surface area contributed by atoms with Gasteiger partial charge in [-0.15, -0.1) is 0 Å². The van der Waals surface area contributed by atoms with Gasteiger partial charge in [0.25, 0.3) is 5.56 Å². The lowest BCUT2D eigenvalue weighted by molar-refractivity contribution is -0.0872. The minimum Gasteiger partial charge on any atom is -0.364 e. The molecule has 0 N–H and O–H groups in total. The highest BCUT2D eigenvalue weighted by Crippen LogP contribution is 2.34. The van der Waals surface area contributed by atoms with Crippen molar-refractivity contribution in [3.05, 3.63) is 70.7 Å². The van der Waals surface area contributed by atoms with E-state index in [1.165, 1.54) is 23.0 Å². The summed E-state index contributed by atoms with van der Waals surface area (Å²) in [5, 5.41) is 0. The third-order valence-electron chi connectivity index (χ3n) is 4.91. The summed E-state index contributed by atoms with van der Waals surface area (Å²) >= 11 is 0. The zero-order valence-corrected chi connectivity index (χ0v) is 16.5. The van der Waals surface area contributed by atoms with E-state index in [2.05, 4.69) is 9.97 Å². The maximum Gasteiger partial charge on any atom is 0.255 e. The van der Waals surface area contributed by atoms with Crippen LogP contribution in [-0.4, -0.2) is 38.2 Å². The van der Waals surface area contributed by atoms with Gasteiger partial charge in [0.05, 0.1) is 23.5 Å². The molecule has 150 valence electrons. The van der Waals surface area contributed by atoms with Crippen LogP contribution >= 0.6 is 0 Å². The maximum absolute atomic E-state index is 14.4. The number of anilines is 1. The molecule has 1 saturated heterocycles. The highest BCUT2D eigenvalue weighted by atomic mass is 19.1. The van der Waals surface area contributed by atoms with Gasteiger partial charge in [-0.1, -0.05) is 18.2 Å². The van der Waals surface area contributed by atoms with Gasteiger partial charge in [0.2, 0.25) is 5.95 Å². The molecule has 0 spiro atoms. The van der Waals surface area contributed by atoms with Crippen molar-refractivity contribution in [2.24, 2.45) is 7.05 Å². The summed E-state index contributed by atoms with van der Waals surface area (Å²) in [7, 11) is 1.68. The van der Waals surface area contributed by atoms with Crippen molar-refractivity contribution in [2.75, 3.05) is 18.0 Å². The van der Waals surface area contributed by atoms with Gasteiger partial charge in [0, 0.05) is 31.4 Å². The molecule has 0 amide bonds. The Labute approximate surface area is 167 Å². The highest BCUT2D eigenvalue weighted by molar-refractivity contribution is 5.55. The number of nitrogens with zero attached hydrogens (tertiary/aromatic N) is 5. The zero-order chi connectivity index (χ0) is 20.6. The molecular weight excluding hydrogens is 373 g/mol. The summed E-state index contributed by atoms with van der Waals surface area (Å²) in [6, 6.07) is 9.75. The molecule has 0 radical (unpaired) electrons. The van der Waals surface area contributed by atoms with Crippen LogP contribution in [-0.2, 0) is 11.8 Å². The molecule has 0 saturated carbocycles. The van der Waals surface area contributed by atoms with Gasteiger partial charge in [0.1, 0.15) is 18.2 Å². The van der Waals surface area contributed by atoms with Crippen LogP contribution in [0, 0.1) is 5.82 Å². The SMILES string of the molecule is Cn1c(N2CC(c3ccccc3F)OC(C)(C)C2)nc(-c2ccncn2)cc1=O. The second-order valence-electron chi connectivity index (χ2n) is 7.70. The first-order chi connectivity index (χ1) is 13.8. The Kier molecular flexibility index (Phi) is 4.87. The van der Waals surface area contributed by atoms with E-state index in [0.29, 0.717) is 36.0 Å². The van der Waals surface area contributed by atoms with Crippen molar-refractivity contribution >= 4 is 5.95 Å². The van der Waals surface area contributed by atoms with Crippen molar-refractivity contribution in [2.45, 2.75) is 25.6 Å². The van der Waals surface area contributed by atoms with Crippen molar-refractivity contribution in [1.82, 2.24) is 19.5 Å². The lowest BCUT2D eigenvalue weighted by Gasteiger charge is -2.43. The van der Waals surface area contributed by atoms with E-state index in [1.54, 1.807) is 37.5 Å². The minimum absolute atomic E-state index is 0.199. The largest absolute Gasteiger partial charge is 0.364 e. The Balaban J connectivity index is 1.76. The lowest BCUT2D eigenvalue weighted by atomic mass is 10.0. The average Bonchev–Trinajstić information content (AvgIpc) is 2.69. The summed E-state index contributed by atoms with van der Waals surface area (Å²) in [6.07, 6.45) is 2.53. The Hall–Kier alpha value is -3.13. The number of hydrogen-bond donors (Lipinski definition) is 0. The molecule has 1 aliphatic heterocycles. The topological polar surface area (TPSA) is 73.1 Å². The van der Waals surface area contributed by atoms with Crippen LogP contribution in [0.2, 0.25) is 0 Å². The van der Waals surface area contributed by atoms with Crippen molar-refractivity contribution < 1.29 is 9.13 Å². The molecule has 2 aromatic heterocycles. The third kappa shape index (κ3) is 3.88. The Morgan fingerprint density at radius 2 is 2.00 bits per heavy atom. The van der Waals surface area contributed by atoms with E-state index in [0.717, 1.165) is 0 Å². The maximum atomic E-state index is 14.4. The number of morpholine rings is 1. The predicted octanol–water partition coefficient (Wildman–Crippen LogP) is 2.73. The Morgan fingerprint density at radius 1 is 1.21 bits per heavy atom. The van der Waals surface area contributed by atoms with Crippen molar-refractivity contribution in [3.8, 4) is 11.4 Å². The standard InChI is InChI=1S/C21H22FN5O2/c1-21(2)12-27(11-18(29-21)14-6-4-5-7-15(14)22)20-25-17(10-19(28)26(20)3)16-8-9-23-13-24-16/h4-10,13,18H,11-12H2,1-3H3. The van der Waals surface area contributed by atoms with E-state index in [9.17, 15) is 9.18 Å². The van der Waals surface area contributed by atoms with Gasteiger partial charge in [-0.3, -0.25) is 9.36 Å². The van der Waals surface area contributed by atoms with Gasteiger partial charge in [0.15, 0.2) is 0 Å². The molecule has 3 heterocycles. The predicted molar refractivity (Wildman–Crippen MR) is 107 cm³/mol. The minimum atomic E-state index is -0.562. The average molecular weight is 395 g/mol. The summed E-state index contributed by atoms with van der Waals surface area (Å²) in [5.74, 6) is 0.176. The smallest absolute Gasteiger partial charge is 0.255 e. The summed E-state index contributed by atoms with van der Waals surface area (Å²) in [5.41, 5.74) is 0.764. The first-order valence-electron chi connectivity index (χ1n) is 9.36. The molecule has 1 aliphatic rings. The zero-order valence-electron chi connectivity index (χ0n) is 16.5. The van der Waals surface area contributed by atoms with Gasteiger partial charge in [-0.05, 0) is 26.0 Å². The number of ether oxygens (including phenoxy) is 1.